The van der Waals surface area contributed by atoms with Gasteiger partial charge in [-0.05, 0) is 24.3 Å². The molecule has 1 heterocycles. The summed E-state index contributed by atoms with van der Waals surface area (Å²) in [6.45, 7) is 1.63. The maximum absolute atomic E-state index is 10.7. The quantitative estimate of drug-likeness (QED) is 0.607. The summed E-state index contributed by atoms with van der Waals surface area (Å²) in [7, 11) is 0. The summed E-state index contributed by atoms with van der Waals surface area (Å²) >= 11 is 3.14. The van der Waals surface area contributed by atoms with Crippen molar-refractivity contribution >= 4 is 29.1 Å². The molecule has 100 valence electrons. The van der Waals surface area contributed by atoms with Gasteiger partial charge < -0.3 is 10.4 Å². The van der Waals surface area contributed by atoms with Gasteiger partial charge in [-0.1, -0.05) is 18.2 Å². The van der Waals surface area contributed by atoms with Crippen LogP contribution in [-0.2, 0) is 6.54 Å². The zero-order valence-electron chi connectivity index (χ0n) is 10.3. The maximum Gasteiger partial charge on any atom is 0.345 e. The number of carbonyl (C=O) groups is 1. The van der Waals surface area contributed by atoms with E-state index >= 15 is 0 Å². The second-order valence-corrected chi connectivity index (χ2v) is 6.25. The molecule has 0 unspecified atom stereocenters. The van der Waals surface area contributed by atoms with Crippen LogP contribution in [0.25, 0.3) is 0 Å². The van der Waals surface area contributed by atoms with Gasteiger partial charge in [0.1, 0.15) is 4.88 Å². The SMILES string of the molecule is O=C(O)c1ccc(CNCCSc2ccccc2)s1. The van der Waals surface area contributed by atoms with Crippen LogP contribution < -0.4 is 5.32 Å². The highest BCUT2D eigenvalue weighted by molar-refractivity contribution is 7.99. The second kappa shape index (κ2) is 7.33. The van der Waals surface area contributed by atoms with E-state index in [4.69, 9.17) is 5.11 Å². The van der Waals surface area contributed by atoms with Gasteiger partial charge in [0.2, 0.25) is 0 Å². The molecule has 0 saturated carbocycles. The van der Waals surface area contributed by atoms with Crippen LogP contribution in [0.1, 0.15) is 14.5 Å². The fraction of sp³-hybridized carbons (Fsp3) is 0.214. The van der Waals surface area contributed by atoms with Gasteiger partial charge in [0.05, 0.1) is 0 Å². The largest absolute Gasteiger partial charge is 0.477 e. The summed E-state index contributed by atoms with van der Waals surface area (Å²) in [5, 5.41) is 12.1. The lowest BCUT2D eigenvalue weighted by Gasteiger charge is -2.03. The van der Waals surface area contributed by atoms with Crippen LogP contribution in [0.5, 0.6) is 0 Å². The highest BCUT2D eigenvalue weighted by Gasteiger charge is 2.06. The van der Waals surface area contributed by atoms with E-state index in [-0.39, 0.29) is 0 Å². The van der Waals surface area contributed by atoms with Crippen LogP contribution in [0.4, 0.5) is 0 Å². The molecule has 0 saturated heterocycles. The zero-order chi connectivity index (χ0) is 13.5. The molecule has 0 aliphatic carbocycles. The predicted molar refractivity (Wildman–Crippen MR) is 80.2 cm³/mol. The van der Waals surface area contributed by atoms with Crippen LogP contribution >= 0.6 is 23.1 Å². The van der Waals surface area contributed by atoms with Gasteiger partial charge in [-0.3, -0.25) is 0 Å². The number of thiophene rings is 1. The molecule has 0 aliphatic rings. The van der Waals surface area contributed by atoms with Crippen LogP contribution in [0.2, 0.25) is 0 Å². The Morgan fingerprint density at radius 2 is 2.00 bits per heavy atom. The molecule has 0 atom stereocenters. The van der Waals surface area contributed by atoms with Gasteiger partial charge in [0.25, 0.3) is 0 Å². The first-order valence-electron chi connectivity index (χ1n) is 5.96. The molecule has 2 aromatic rings. The Morgan fingerprint density at radius 1 is 1.21 bits per heavy atom. The third-order valence-corrected chi connectivity index (χ3v) is 4.55. The van der Waals surface area contributed by atoms with Gasteiger partial charge in [-0.2, -0.15) is 0 Å². The minimum Gasteiger partial charge on any atom is -0.477 e. The minimum atomic E-state index is -0.851. The Hall–Kier alpha value is -1.30. The Labute approximate surface area is 120 Å². The summed E-state index contributed by atoms with van der Waals surface area (Å²) in [5.41, 5.74) is 0. The van der Waals surface area contributed by atoms with Crippen molar-refractivity contribution in [3.63, 3.8) is 0 Å². The van der Waals surface area contributed by atoms with Crippen molar-refractivity contribution in [2.45, 2.75) is 11.4 Å². The van der Waals surface area contributed by atoms with E-state index in [1.807, 2.05) is 36.0 Å². The highest BCUT2D eigenvalue weighted by atomic mass is 32.2. The zero-order valence-corrected chi connectivity index (χ0v) is 12.0. The molecule has 19 heavy (non-hydrogen) atoms. The number of carboxylic acid groups (broad SMARTS) is 1. The first kappa shape index (κ1) is 14.1. The van der Waals surface area contributed by atoms with Crippen LogP contribution in [-0.4, -0.2) is 23.4 Å². The van der Waals surface area contributed by atoms with E-state index in [1.165, 1.54) is 16.2 Å². The monoisotopic (exact) mass is 293 g/mol. The molecule has 0 fully saturated rings. The summed E-state index contributed by atoms with van der Waals surface area (Å²) in [4.78, 5) is 13.5. The summed E-state index contributed by atoms with van der Waals surface area (Å²) in [5.74, 6) is 0.150. The Morgan fingerprint density at radius 3 is 2.68 bits per heavy atom. The highest BCUT2D eigenvalue weighted by Crippen LogP contribution is 2.17. The number of benzene rings is 1. The number of aromatic carboxylic acids is 1. The molecule has 2 rings (SSSR count). The Kier molecular flexibility index (Phi) is 5.44. The van der Waals surface area contributed by atoms with E-state index in [1.54, 1.807) is 6.07 Å². The topological polar surface area (TPSA) is 49.3 Å². The molecular weight excluding hydrogens is 278 g/mol. The average Bonchev–Trinajstić information content (AvgIpc) is 2.89. The van der Waals surface area contributed by atoms with E-state index in [0.717, 1.165) is 23.7 Å². The first-order chi connectivity index (χ1) is 9.25. The standard InChI is InChI=1S/C14H15NO2S2/c16-14(17)13-7-6-12(19-13)10-15-8-9-18-11-4-2-1-3-5-11/h1-7,15H,8-10H2,(H,16,17). The minimum absolute atomic E-state index is 0.399. The number of hydrogen-bond acceptors (Lipinski definition) is 4. The normalized spacial score (nSPS) is 10.5. The molecule has 0 amide bonds. The fourth-order valence-corrected chi connectivity index (χ4v) is 3.21. The molecule has 0 spiro atoms. The van der Waals surface area contributed by atoms with E-state index in [9.17, 15) is 4.79 Å². The van der Waals surface area contributed by atoms with Crippen LogP contribution in [0, 0.1) is 0 Å². The molecule has 3 nitrogen and oxygen atoms in total. The molecule has 0 bridgehead atoms. The van der Waals surface area contributed by atoms with Crippen molar-refractivity contribution in [2.24, 2.45) is 0 Å². The van der Waals surface area contributed by atoms with Crippen LogP contribution in [0.15, 0.2) is 47.4 Å². The summed E-state index contributed by atoms with van der Waals surface area (Å²) in [6.07, 6.45) is 0. The first-order valence-corrected chi connectivity index (χ1v) is 7.76. The molecule has 5 heteroatoms. The average molecular weight is 293 g/mol. The molecular formula is C14H15NO2S2. The molecule has 1 aromatic heterocycles. The third-order valence-electron chi connectivity index (χ3n) is 2.46. The molecule has 0 aliphatic heterocycles. The molecule has 1 aromatic carbocycles. The molecule has 2 N–H and O–H groups in total. The van der Waals surface area contributed by atoms with Gasteiger partial charge in [-0.25, -0.2) is 4.79 Å². The second-order valence-electron chi connectivity index (χ2n) is 3.91. The predicted octanol–water partition coefficient (Wildman–Crippen LogP) is 3.33. The van der Waals surface area contributed by atoms with Crippen molar-refractivity contribution in [2.75, 3.05) is 12.3 Å². The number of carboxylic acids is 1. The van der Waals surface area contributed by atoms with Gasteiger partial charge in [0, 0.05) is 28.6 Å². The third kappa shape index (κ3) is 4.70. The Bertz CT molecular complexity index is 525. The van der Waals surface area contributed by atoms with Gasteiger partial charge in [0.15, 0.2) is 0 Å². The van der Waals surface area contributed by atoms with Crippen molar-refractivity contribution < 1.29 is 9.90 Å². The van der Waals surface area contributed by atoms with E-state index < -0.39 is 5.97 Å². The number of thioether (sulfide) groups is 1. The van der Waals surface area contributed by atoms with Crippen LogP contribution in [0.3, 0.4) is 0 Å². The summed E-state index contributed by atoms with van der Waals surface area (Å²) in [6, 6.07) is 13.8. The molecule has 0 radical (unpaired) electrons. The lowest BCUT2D eigenvalue weighted by molar-refractivity contribution is 0.0702. The maximum atomic E-state index is 10.7. The van der Waals surface area contributed by atoms with Gasteiger partial charge in [-0.15, -0.1) is 23.1 Å². The lowest BCUT2D eigenvalue weighted by atomic mass is 10.4. The smallest absolute Gasteiger partial charge is 0.345 e. The van der Waals surface area contributed by atoms with Crippen molar-refractivity contribution in [1.82, 2.24) is 5.32 Å². The number of hydrogen-bond donors (Lipinski definition) is 2. The van der Waals surface area contributed by atoms with Crippen molar-refractivity contribution in [1.29, 1.82) is 0 Å². The fourth-order valence-electron chi connectivity index (χ4n) is 1.56. The van der Waals surface area contributed by atoms with E-state index in [0.29, 0.717) is 4.88 Å². The lowest BCUT2D eigenvalue weighted by Crippen LogP contribution is -2.15. The number of rotatable bonds is 7. The van der Waals surface area contributed by atoms with E-state index in [2.05, 4.69) is 17.4 Å². The van der Waals surface area contributed by atoms with Crippen molar-refractivity contribution in [3.05, 3.63) is 52.2 Å². The van der Waals surface area contributed by atoms with Gasteiger partial charge >= 0.3 is 5.97 Å². The number of nitrogens with one attached hydrogen (secondary N) is 1. The Balaban J connectivity index is 1.65. The van der Waals surface area contributed by atoms with Crippen molar-refractivity contribution in [3.8, 4) is 0 Å². The summed E-state index contributed by atoms with van der Waals surface area (Å²) < 4.78 is 0.